The van der Waals surface area contributed by atoms with Crippen molar-refractivity contribution in [3.63, 3.8) is 0 Å². The molecule has 0 bridgehead atoms. The van der Waals surface area contributed by atoms with Gasteiger partial charge in [0.05, 0.1) is 4.90 Å². The van der Waals surface area contributed by atoms with Crippen LogP contribution >= 0.6 is 0 Å². The van der Waals surface area contributed by atoms with Gasteiger partial charge in [0, 0.05) is 18.9 Å². The highest BCUT2D eigenvalue weighted by atomic mass is 32.2. The summed E-state index contributed by atoms with van der Waals surface area (Å²) in [7, 11) is -3.13. The van der Waals surface area contributed by atoms with E-state index in [9.17, 15) is 8.42 Å². The lowest BCUT2D eigenvalue weighted by Crippen LogP contribution is -2.26. The van der Waals surface area contributed by atoms with Crippen molar-refractivity contribution in [3.8, 4) is 0 Å². The standard InChI is InChI=1S/C16H27NO3S/c1-4-5-14(10-11-18)12-17-13(2)15-6-8-16(9-7-15)21(3,19)20/h6-9,13-14,17-18H,4-5,10-12H2,1-3H3. The SMILES string of the molecule is CCCC(CCO)CNC(C)c1ccc(S(C)(=O)=O)cc1. The first kappa shape index (κ1) is 18.1. The second-order valence-electron chi connectivity index (χ2n) is 5.64. The molecule has 1 aromatic carbocycles. The van der Waals surface area contributed by atoms with E-state index in [-0.39, 0.29) is 12.6 Å². The summed E-state index contributed by atoms with van der Waals surface area (Å²) in [6.45, 7) is 5.31. The fraction of sp³-hybridized carbons (Fsp3) is 0.625. The maximum absolute atomic E-state index is 11.4. The van der Waals surface area contributed by atoms with Gasteiger partial charge >= 0.3 is 0 Å². The van der Waals surface area contributed by atoms with Gasteiger partial charge in [-0.1, -0.05) is 25.5 Å². The van der Waals surface area contributed by atoms with Crippen molar-refractivity contribution in [2.75, 3.05) is 19.4 Å². The number of hydrogen-bond acceptors (Lipinski definition) is 4. The number of aliphatic hydroxyl groups excluding tert-OH is 1. The molecule has 0 saturated carbocycles. The lowest BCUT2D eigenvalue weighted by molar-refractivity contribution is 0.246. The summed E-state index contributed by atoms with van der Waals surface area (Å²) < 4.78 is 22.9. The van der Waals surface area contributed by atoms with Crippen LogP contribution in [0.4, 0.5) is 0 Å². The molecule has 0 radical (unpaired) electrons. The van der Waals surface area contributed by atoms with Crippen LogP contribution in [0.15, 0.2) is 29.2 Å². The molecule has 0 aliphatic rings. The first-order chi connectivity index (χ1) is 9.88. The minimum atomic E-state index is -3.13. The van der Waals surface area contributed by atoms with Crippen molar-refractivity contribution in [1.29, 1.82) is 0 Å². The lowest BCUT2D eigenvalue weighted by Gasteiger charge is -2.20. The fourth-order valence-corrected chi connectivity index (χ4v) is 3.03. The molecule has 1 rings (SSSR count). The van der Waals surface area contributed by atoms with Gasteiger partial charge in [0.15, 0.2) is 9.84 Å². The van der Waals surface area contributed by atoms with Crippen molar-refractivity contribution in [3.05, 3.63) is 29.8 Å². The van der Waals surface area contributed by atoms with Crippen LogP contribution in [0.5, 0.6) is 0 Å². The molecule has 0 fully saturated rings. The molecule has 2 unspecified atom stereocenters. The Labute approximate surface area is 128 Å². The van der Waals surface area contributed by atoms with Gasteiger partial charge < -0.3 is 10.4 Å². The van der Waals surface area contributed by atoms with Crippen LogP contribution in [0, 0.1) is 5.92 Å². The molecule has 0 heterocycles. The Morgan fingerprint density at radius 2 is 1.81 bits per heavy atom. The van der Waals surface area contributed by atoms with Crippen LogP contribution < -0.4 is 5.32 Å². The van der Waals surface area contributed by atoms with Crippen LogP contribution in [0.25, 0.3) is 0 Å². The Bertz CT molecular complexity index is 505. The van der Waals surface area contributed by atoms with Gasteiger partial charge in [0.2, 0.25) is 0 Å². The van der Waals surface area contributed by atoms with Crippen LogP contribution in [0.2, 0.25) is 0 Å². The molecule has 0 saturated heterocycles. The summed E-state index contributed by atoms with van der Waals surface area (Å²) in [4.78, 5) is 0.350. The number of hydrogen-bond donors (Lipinski definition) is 2. The molecule has 2 N–H and O–H groups in total. The smallest absolute Gasteiger partial charge is 0.175 e. The maximum atomic E-state index is 11.4. The predicted molar refractivity (Wildman–Crippen MR) is 86.1 cm³/mol. The number of nitrogens with one attached hydrogen (secondary N) is 1. The van der Waals surface area contributed by atoms with Crippen LogP contribution in [-0.4, -0.2) is 32.9 Å². The molecule has 120 valence electrons. The molecule has 4 nitrogen and oxygen atoms in total. The minimum Gasteiger partial charge on any atom is -0.396 e. The van der Waals surface area contributed by atoms with E-state index in [0.29, 0.717) is 10.8 Å². The molecule has 2 atom stereocenters. The molecule has 0 aromatic heterocycles. The van der Waals surface area contributed by atoms with E-state index in [1.807, 2.05) is 12.1 Å². The second-order valence-corrected chi connectivity index (χ2v) is 7.65. The first-order valence-electron chi connectivity index (χ1n) is 7.52. The highest BCUT2D eigenvalue weighted by Crippen LogP contribution is 2.17. The van der Waals surface area contributed by atoms with Crippen molar-refractivity contribution in [2.45, 2.75) is 44.0 Å². The van der Waals surface area contributed by atoms with E-state index >= 15 is 0 Å². The zero-order chi connectivity index (χ0) is 15.9. The highest BCUT2D eigenvalue weighted by Gasteiger charge is 2.12. The van der Waals surface area contributed by atoms with Crippen LogP contribution in [0.1, 0.15) is 44.7 Å². The monoisotopic (exact) mass is 313 g/mol. The van der Waals surface area contributed by atoms with Gasteiger partial charge in [-0.05, 0) is 49.9 Å². The lowest BCUT2D eigenvalue weighted by atomic mass is 9.99. The number of benzene rings is 1. The Balaban J connectivity index is 2.60. The molecule has 5 heteroatoms. The van der Waals surface area contributed by atoms with Gasteiger partial charge in [0.25, 0.3) is 0 Å². The summed E-state index contributed by atoms with van der Waals surface area (Å²) in [6.07, 6.45) is 4.26. The predicted octanol–water partition coefficient (Wildman–Crippen LogP) is 2.54. The van der Waals surface area contributed by atoms with Crippen molar-refractivity contribution in [1.82, 2.24) is 5.32 Å². The van der Waals surface area contributed by atoms with Crippen LogP contribution in [-0.2, 0) is 9.84 Å². The number of rotatable bonds is 9. The third-order valence-electron chi connectivity index (χ3n) is 3.76. The van der Waals surface area contributed by atoms with Crippen molar-refractivity contribution in [2.24, 2.45) is 5.92 Å². The minimum absolute atomic E-state index is 0.164. The van der Waals surface area contributed by atoms with E-state index in [2.05, 4.69) is 19.2 Å². The van der Waals surface area contributed by atoms with Gasteiger partial charge in [-0.3, -0.25) is 0 Å². The topological polar surface area (TPSA) is 66.4 Å². The fourth-order valence-electron chi connectivity index (χ4n) is 2.40. The summed E-state index contributed by atoms with van der Waals surface area (Å²) in [5.41, 5.74) is 1.07. The van der Waals surface area contributed by atoms with E-state index < -0.39 is 9.84 Å². The zero-order valence-electron chi connectivity index (χ0n) is 13.2. The molecule has 0 amide bonds. The summed E-state index contributed by atoms with van der Waals surface area (Å²) in [6, 6.07) is 7.18. The summed E-state index contributed by atoms with van der Waals surface area (Å²) in [5.74, 6) is 0.484. The van der Waals surface area contributed by atoms with Gasteiger partial charge in [-0.25, -0.2) is 8.42 Å². The number of aliphatic hydroxyl groups is 1. The van der Waals surface area contributed by atoms with Crippen molar-refractivity contribution < 1.29 is 13.5 Å². The molecular weight excluding hydrogens is 286 g/mol. The molecule has 0 spiro atoms. The average Bonchev–Trinajstić information content (AvgIpc) is 2.44. The normalized spacial score (nSPS) is 14.9. The molecule has 0 aliphatic carbocycles. The average molecular weight is 313 g/mol. The Morgan fingerprint density at radius 1 is 1.19 bits per heavy atom. The van der Waals surface area contributed by atoms with Gasteiger partial charge in [0.1, 0.15) is 0 Å². The summed E-state index contributed by atoms with van der Waals surface area (Å²) in [5, 5.41) is 12.5. The van der Waals surface area contributed by atoms with E-state index in [1.54, 1.807) is 12.1 Å². The van der Waals surface area contributed by atoms with E-state index in [0.717, 1.165) is 31.4 Å². The second kappa shape index (κ2) is 8.51. The zero-order valence-corrected chi connectivity index (χ0v) is 14.0. The van der Waals surface area contributed by atoms with Gasteiger partial charge in [-0.2, -0.15) is 0 Å². The third kappa shape index (κ3) is 6.16. The molecular formula is C16H27NO3S. The Morgan fingerprint density at radius 3 is 2.29 bits per heavy atom. The first-order valence-corrected chi connectivity index (χ1v) is 9.41. The van der Waals surface area contributed by atoms with Gasteiger partial charge in [-0.15, -0.1) is 0 Å². The molecule has 1 aromatic rings. The van der Waals surface area contributed by atoms with E-state index in [4.69, 9.17) is 5.11 Å². The largest absolute Gasteiger partial charge is 0.396 e. The van der Waals surface area contributed by atoms with Crippen LogP contribution in [0.3, 0.4) is 0 Å². The Hall–Kier alpha value is -0.910. The maximum Gasteiger partial charge on any atom is 0.175 e. The molecule has 0 aliphatic heterocycles. The quantitative estimate of drug-likeness (QED) is 0.735. The van der Waals surface area contributed by atoms with Crippen molar-refractivity contribution >= 4 is 9.84 Å². The summed E-state index contributed by atoms with van der Waals surface area (Å²) >= 11 is 0. The highest BCUT2D eigenvalue weighted by molar-refractivity contribution is 7.90. The Kier molecular flexibility index (Phi) is 7.35. The third-order valence-corrected chi connectivity index (χ3v) is 4.88. The van der Waals surface area contributed by atoms with E-state index in [1.165, 1.54) is 6.26 Å². The molecule has 21 heavy (non-hydrogen) atoms. The number of sulfone groups is 1.